The third-order valence-electron chi connectivity index (χ3n) is 6.76. The maximum Gasteiger partial charge on any atom is 0.259 e. The smallest absolute Gasteiger partial charge is 0.259 e. The summed E-state index contributed by atoms with van der Waals surface area (Å²) in [7, 11) is 0. The lowest BCUT2D eigenvalue weighted by Crippen LogP contribution is -2.48. The van der Waals surface area contributed by atoms with Gasteiger partial charge < -0.3 is 15.0 Å². The zero-order chi connectivity index (χ0) is 23.9. The summed E-state index contributed by atoms with van der Waals surface area (Å²) in [6.45, 7) is 11.7. The Balaban J connectivity index is 1.71. The van der Waals surface area contributed by atoms with Crippen molar-refractivity contribution in [2.75, 3.05) is 18.4 Å². The van der Waals surface area contributed by atoms with Crippen molar-refractivity contribution in [1.29, 1.82) is 0 Å². The Hall–Kier alpha value is -2.25. The number of rotatable bonds is 3. The van der Waals surface area contributed by atoms with E-state index in [-0.39, 0.29) is 29.1 Å². The minimum atomic E-state index is -0.576. The molecule has 2 aromatic rings. The molecule has 5 nitrogen and oxygen atoms in total. The first kappa shape index (κ1) is 23.9. The molecule has 0 radical (unpaired) electrons. The number of halogens is 1. The molecule has 1 aromatic heterocycles. The highest BCUT2D eigenvalue weighted by Gasteiger charge is 2.36. The molecule has 0 spiro atoms. The first-order valence-electron chi connectivity index (χ1n) is 11.7. The number of fused-ring (bicyclic) bond motifs is 1. The van der Waals surface area contributed by atoms with E-state index < -0.39 is 11.7 Å². The molecular formula is C26H33FN2O3S. The quantitative estimate of drug-likeness (QED) is 0.638. The SMILES string of the molecule is C[C@@H]1CN(C(=O)c2c(NC(=O)c3ccccc3F)sc3c2CC[C@H](C(C)(C)C)C3)C[C@H](C)O1. The molecule has 7 heteroatoms. The third kappa shape index (κ3) is 4.99. The Labute approximate surface area is 199 Å². The van der Waals surface area contributed by atoms with Crippen LogP contribution in [0.1, 0.15) is 72.2 Å². The molecule has 2 aliphatic rings. The molecule has 33 heavy (non-hydrogen) atoms. The number of amides is 2. The Bertz CT molecular complexity index is 1050. The third-order valence-corrected chi connectivity index (χ3v) is 7.93. The van der Waals surface area contributed by atoms with Gasteiger partial charge in [-0.2, -0.15) is 0 Å². The molecule has 1 saturated heterocycles. The normalized spacial score (nSPS) is 23.2. The zero-order valence-corrected chi connectivity index (χ0v) is 20.9. The molecule has 1 fully saturated rings. The number of morpholine rings is 1. The molecule has 4 rings (SSSR count). The van der Waals surface area contributed by atoms with E-state index >= 15 is 0 Å². The maximum absolute atomic E-state index is 14.2. The van der Waals surface area contributed by atoms with E-state index in [9.17, 15) is 14.0 Å². The van der Waals surface area contributed by atoms with Crippen molar-refractivity contribution in [3.63, 3.8) is 0 Å². The second-order valence-corrected chi connectivity index (χ2v) is 11.5. The number of carbonyl (C=O) groups excluding carboxylic acids is 2. The number of anilines is 1. The predicted molar refractivity (Wildman–Crippen MR) is 130 cm³/mol. The molecular weight excluding hydrogens is 439 g/mol. The summed E-state index contributed by atoms with van der Waals surface area (Å²) >= 11 is 1.47. The van der Waals surface area contributed by atoms with Crippen LogP contribution in [0.2, 0.25) is 0 Å². The van der Waals surface area contributed by atoms with Gasteiger partial charge in [0.15, 0.2) is 0 Å². The molecule has 0 saturated carbocycles. The second-order valence-electron chi connectivity index (χ2n) is 10.4. The fourth-order valence-corrected chi connectivity index (χ4v) is 6.27. The topological polar surface area (TPSA) is 58.6 Å². The van der Waals surface area contributed by atoms with Gasteiger partial charge in [-0.25, -0.2) is 4.39 Å². The summed E-state index contributed by atoms with van der Waals surface area (Å²) in [5.74, 6) is -0.678. The molecule has 1 N–H and O–H groups in total. The predicted octanol–water partition coefficient (Wildman–Crippen LogP) is 5.54. The highest BCUT2D eigenvalue weighted by molar-refractivity contribution is 7.17. The largest absolute Gasteiger partial charge is 0.372 e. The highest BCUT2D eigenvalue weighted by atomic mass is 32.1. The first-order chi connectivity index (χ1) is 15.5. The van der Waals surface area contributed by atoms with Gasteiger partial charge in [-0.15, -0.1) is 11.3 Å². The van der Waals surface area contributed by atoms with Crippen LogP contribution in [0.4, 0.5) is 9.39 Å². The van der Waals surface area contributed by atoms with Crippen LogP contribution in [0.3, 0.4) is 0 Å². The molecule has 1 aliphatic heterocycles. The van der Waals surface area contributed by atoms with Gasteiger partial charge in [0.25, 0.3) is 11.8 Å². The fraction of sp³-hybridized carbons (Fsp3) is 0.538. The minimum Gasteiger partial charge on any atom is -0.372 e. The summed E-state index contributed by atoms with van der Waals surface area (Å²) in [6.07, 6.45) is 2.60. The van der Waals surface area contributed by atoms with Crippen LogP contribution in [-0.2, 0) is 17.6 Å². The Morgan fingerprint density at radius 3 is 2.45 bits per heavy atom. The van der Waals surface area contributed by atoms with Gasteiger partial charge in [0.2, 0.25) is 0 Å². The number of thiophene rings is 1. The van der Waals surface area contributed by atoms with Gasteiger partial charge in [-0.3, -0.25) is 9.59 Å². The number of carbonyl (C=O) groups is 2. The van der Waals surface area contributed by atoms with Gasteiger partial charge in [-0.05, 0) is 62.1 Å². The van der Waals surface area contributed by atoms with Crippen LogP contribution in [0.15, 0.2) is 24.3 Å². The highest BCUT2D eigenvalue weighted by Crippen LogP contribution is 2.45. The van der Waals surface area contributed by atoms with E-state index in [1.54, 1.807) is 12.1 Å². The average molecular weight is 473 g/mol. The number of benzene rings is 1. The van der Waals surface area contributed by atoms with E-state index in [2.05, 4.69) is 26.1 Å². The van der Waals surface area contributed by atoms with E-state index in [1.807, 2.05) is 18.7 Å². The summed E-state index contributed by atoms with van der Waals surface area (Å²) in [6, 6.07) is 5.91. The Morgan fingerprint density at radius 2 is 1.82 bits per heavy atom. The summed E-state index contributed by atoms with van der Waals surface area (Å²) in [5, 5.41) is 3.41. The Kier molecular flexibility index (Phi) is 6.65. The number of nitrogens with one attached hydrogen (secondary N) is 1. The average Bonchev–Trinajstić information content (AvgIpc) is 3.09. The molecule has 2 amide bonds. The first-order valence-corrected chi connectivity index (χ1v) is 12.5. The monoisotopic (exact) mass is 472 g/mol. The van der Waals surface area contributed by atoms with E-state index in [1.165, 1.54) is 23.5 Å². The number of nitrogens with zero attached hydrogens (tertiary/aromatic N) is 1. The van der Waals surface area contributed by atoms with Gasteiger partial charge in [0.05, 0.1) is 23.3 Å². The minimum absolute atomic E-state index is 0.0246. The van der Waals surface area contributed by atoms with E-state index in [0.717, 1.165) is 29.7 Å². The molecule has 1 aromatic carbocycles. The molecule has 3 atom stereocenters. The lowest BCUT2D eigenvalue weighted by Gasteiger charge is -2.36. The van der Waals surface area contributed by atoms with Gasteiger partial charge in [-0.1, -0.05) is 32.9 Å². The number of hydrogen-bond donors (Lipinski definition) is 1. The van der Waals surface area contributed by atoms with Crippen molar-refractivity contribution in [2.45, 2.75) is 66.1 Å². The fourth-order valence-electron chi connectivity index (χ4n) is 4.96. The van der Waals surface area contributed by atoms with Crippen LogP contribution < -0.4 is 5.32 Å². The van der Waals surface area contributed by atoms with Gasteiger partial charge in [0.1, 0.15) is 10.8 Å². The second kappa shape index (κ2) is 9.18. The van der Waals surface area contributed by atoms with E-state index in [4.69, 9.17) is 4.74 Å². The molecule has 1 aliphatic carbocycles. The summed E-state index contributed by atoms with van der Waals surface area (Å²) < 4.78 is 20.1. The van der Waals surface area contributed by atoms with E-state index in [0.29, 0.717) is 29.6 Å². The van der Waals surface area contributed by atoms with Crippen LogP contribution in [0.5, 0.6) is 0 Å². The molecule has 178 valence electrons. The van der Waals surface area contributed by atoms with Crippen LogP contribution >= 0.6 is 11.3 Å². The van der Waals surface area contributed by atoms with Crippen molar-refractivity contribution in [3.8, 4) is 0 Å². The molecule has 0 unspecified atom stereocenters. The standard InChI is InChI=1S/C26H33FN2O3S/c1-15-13-29(14-16(2)32-15)25(31)22-19-11-10-17(26(3,4)5)12-21(19)33-24(22)28-23(30)18-8-6-7-9-20(18)27/h6-9,15-17H,10-14H2,1-5H3,(H,28,30)/t15-,16+,17-/m0/s1. The van der Waals surface area contributed by atoms with Crippen molar-refractivity contribution in [2.24, 2.45) is 11.3 Å². The van der Waals surface area contributed by atoms with Crippen molar-refractivity contribution in [1.82, 2.24) is 4.90 Å². The molecule has 2 heterocycles. The van der Waals surface area contributed by atoms with Gasteiger partial charge >= 0.3 is 0 Å². The summed E-state index contributed by atoms with van der Waals surface area (Å²) in [5.41, 5.74) is 1.76. The Morgan fingerprint density at radius 1 is 1.15 bits per heavy atom. The van der Waals surface area contributed by atoms with Gasteiger partial charge in [0, 0.05) is 18.0 Å². The number of hydrogen-bond acceptors (Lipinski definition) is 4. The van der Waals surface area contributed by atoms with Crippen LogP contribution in [0.25, 0.3) is 0 Å². The summed E-state index contributed by atoms with van der Waals surface area (Å²) in [4.78, 5) is 29.7. The molecule has 0 bridgehead atoms. The lowest BCUT2D eigenvalue weighted by atomic mass is 9.72. The lowest BCUT2D eigenvalue weighted by molar-refractivity contribution is -0.0586. The van der Waals surface area contributed by atoms with Crippen molar-refractivity contribution < 1.29 is 18.7 Å². The van der Waals surface area contributed by atoms with Crippen molar-refractivity contribution in [3.05, 3.63) is 51.7 Å². The number of ether oxygens (including phenoxy) is 1. The maximum atomic E-state index is 14.2. The van der Waals surface area contributed by atoms with Crippen LogP contribution in [-0.4, -0.2) is 42.0 Å². The van der Waals surface area contributed by atoms with Crippen molar-refractivity contribution >= 4 is 28.2 Å². The van der Waals surface area contributed by atoms with Crippen LogP contribution in [0, 0.1) is 17.2 Å². The zero-order valence-electron chi connectivity index (χ0n) is 20.0.